The number of nitrogens with zero attached hydrogens (tertiary/aromatic N) is 1. The molecule has 80 valence electrons. The molecule has 0 N–H and O–H groups in total. The van der Waals surface area contributed by atoms with Gasteiger partial charge in [0.15, 0.2) is 0 Å². The highest BCUT2D eigenvalue weighted by molar-refractivity contribution is 5.96. The third-order valence-electron chi connectivity index (χ3n) is 2.86. The van der Waals surface area contributed by atoms with Crippen LogP contribution in [0, 0.1) is 6.92 Å². The molecule has 1 nitrogen and oxygen atoms in total. The van der Waals surface area contributed by atoms with E-state index < -0.39 is 0 Å². The molecule has 1 heterocycles. The minimum absolute atomic E-state index is 1.08. The van der Waals surface area contributed by atoms with Crippen LogP contribution in [-0.4, -0.2) is 4.98 Å². The van der Waals surface area contributed by atoms with Gasteiger partial charge in [-0.05, 0) is 24.6 Å². The van der Waals surface area contributed by atoms with Crippen LogP contribution in [0.15, 0.2) is 48.5 Å². The van der Waals surface area contributed by atoms with Gasteiger partial charge < -0.3 is 0 Å². The number of para-hydroxylation sites is 2. The Bertz CT molecular complexity index is 593. The molecule has 0 radical (unpaired) electrons. The zero-order valence-corrected chi connectivity index (χ0v) is 9.57. The fraction of sp³-hybridized carbons (Fsp3) is 0.133. The number of hydrogen-bond acceptors (Lipinski definition) is 1. The molecule has 0 aliphatic heterocycles. The third-order valence-corrected chi connectivity index (χ3v) is 2.86. The van der Waals surface area contributed by atoms with Crippen LogP contribution in [0.2, 0.25) is 0 Å². The van der Waals surface area contributed by atoms with E-state index in [9.17, 15) is 0 Å². The van der Waals surface area contributed by atoms with E-state index in [4.69, 9.17) is 1.37 Å². The standard InChI is InChI=1S/C14H11N.CH4/c1-10-11-6-2-4-8-13(11)15-14-9-5-3-7-12(10)14;/h2-9H,1H3;1H4/i;1D. The first-order valence-corrected chi connectivity index (χ1v) is 5.10. The number of pyridine rings is 1. The number of benzene rings is 2. The van der Waals surface area contributed by atoms with E-state index in [1.807, 2.05) is 12.1 Å². The van der Waals surface area contributed by atoms with Gasteiger partial charge in [0.25, 0.3) is 0 Å². The SMILES string of the molecule is Cc1c2ccccc2nc2ccccc12.[2H]C. The lowest BCUT2D eigenvalue weighted by atomic mass is 10.0. The maximum Gasteiger partial charge on any atom is 0.0712 e. The molecule has 0 fully saturated rings. The van der Waals surface area contributed by atoms with E-state index in [-0.39, 0.29) is 0 Å². The Hall–Kier alpha value is -1.89. The molecule has 1 heteroatoms. The molecule has 0 aliphatic rings. The maximum atomic E-state index is 5.75. The summed E-state index contributed by atoms with van der Waals surface area (Å²) in [6, 6.07) is 16.6. The summed E-state index contributed by atoms with van der Waals surface area (Å²) in [5.74, 6) is 0. The van der Waals surface area contributed by atoms with Gasteiger partial charge in [-0.1, -0.05) is 43.8 Å². The van der Waals surface area contributed by atoms with Crippen molar-refractivity contribution in [2.45, 2.75) is 14.3 Å². The maximum absolute atomic E-state index is 5.75. The Morgan fingerprint density at radius 1 is 0.875 bits per heavy atom. The summed E-state index contributed by atoms with van der Waals surface area (Å²) in [7, 11) is 1.25. The summed E-state index contributed by atoms with van der Waals surface area (Å²) >= 11 is 0. The number of rotatable bonds is 0. The van der Waals surface area contributed by atoms with Crippen LogP contribution in [0.3, 0.4) is 0 Å². The van der Waals surface area contributed by atoms with Crippen LogP contribution in [0.4, 0.5) is 0 Å². The molecule has 3 aromatic rings. The van der Waals surface area contributed by atoms with Crippen molar-refractivity contribution in [3.8, 4) is 0 Å². The Balaban J connectivity index is 0.000000514. The first-order chi connectivity index (χ1) is 8.36. The Kier molecular flexibility index (Phi) is 2.30. The van der Waals surface area contributed by atoms with Gasteiger partial charge in [-0.2, -0.15) is 0 Å². The summed E-state index contributed by atoms with van der Waals surface area (Å²) in [6.45, 7) is 2.16. The minimum atomic E-state index is 1.08. The summed E-state index contributed by atoms with van der Waals surface area (Å²) in [4.78, 5) is 4.64. The van der Waals surface area contributed by atoms with Crippen LogP contribution in [-0.2, 0) is 0 Å². The molecule has 0 saturated carbocycles. The Labute approximate surface area is 97.2 Å². The van der Waals surface area contributed by atoms with Crippen LogP contribution in [0.1, 0.15) is 14.3 Å². The summed E-state index contributed by atoms with van der Waals surface area (Å²) in [5.41, 5.74) is 3.47. The molecule has 0 aliphatic carbocycles. The van der Waals surface area contributed by atoms with Gasteiger partial charge in [0.2, 0.25) is 0 Å². The monoisotopic (exact) mass is 210 g/mol. The van der Waals surface area contributed by atoms with Crippen LogP contribution < -0.4 is 0 Å². The van der Waals surface area contributed by atoms with Crippen molar-refractivity contribution >= 4 is 21.8 Å². The lowest BCUT2D eigenvalue weighted by Gasteiger charge is -2.05. The zero-order chi connectivity index (χ0) is 12.3. The fourth-order valence-corrected chi connectivity index (χ4v) is 2.05. The van der Waals surface area contributed by atoms with Gasteiger partial charge >= 0.3 is 0 Å². The van der Waals surface area contributed by atoms with Crippen molar-refractivity contribution in [3.63, 3.8) is 0 Å². The van der Waals surface area contributed by atoms with Crippen molar-refractivity contribution in [2.75, 3.05) is 0 Å². The van der Waals surface area contributed by atoms with Gasteiger partial charge in [-0.15, -0.1) is 0 Å². The van der Waals surface area contributed by atoms with E-state index in [2.05, 4.69) is 48.3 Å². The lowest BCUT2D eigenvalue weighted by Crippen LogP contribution is -1.86. The number of aromatic nitrogens is 1. The van der Waals surface area contributed by atoms with Crippen molar-refractivity contribution in [1.82, 2.24) is 4.98 Å². The molecule has 0 saturated heterocycles. The molecule has 0 unspecified atom stereocenters. The molecule has 0 spiro atoms. The first-order valence-electron chi connectivity index (χ1n) is 6.10. The Morgan fingerprint density at radius 3 is 1.81 bits per heavy atom. The number of aryl methyl sites for hydroxylation is 1. The Morgan fingerprint density at radius 2 is 1.31 bits per heavy atom. The molecular formula is C15H15N. The summed E-state index contributed by atoms with van der Waals surface area (Å²) in [5, 5.41) is 2.49. The van der Waals surface area contributed by atoms with E-state index >= 15 is 0 Å². The molecule has 0 amide bonds. The van der Waals surface area contributed by atoms with E-state index in [1.54, 1.807) is 0 Å². The molecule has 1 aromatic heterocycles. The average molecular weight is 210 g/mol. The molecule has 3 rings (SSSR count). The third kappa shape index (κ3) is 1.45. The van der Waals surface area contributed by atoms with Gasteiger partial charge in [0, 0.05) is 12.1 Å². The van der Waals surface area contributed by atoms with Crippen molar-refractivity contribution < 1.29 is 1.37 Å². The van der Waals surface area contributed by atoms with Crippen molar-refractivity contribution in [1.29, 1.82) is 0 Å². The van der Waals surface area contributed by atoms with Crippen LogP contribution >= 0.6 is 0 Å². The molecule has 16 heavy (non-hydrogen) atoms. The smallest absolute Gasteiger partial charge is 0.0712 e. The number of fused-ring (bicyclic) bond motifs is 2. The molecule has 0 atom stereocenters. The largest absolute Gasteiger partial charge is 0.248 e. The first kappa shape index (κ1) is 9.34. The highest BCUT2D eigenvalue weighted by Gasteiger charge is 2.03. The second kappa shape index (κ2) is 3.93. The highest BCUT2D eigenvalue weighted by atomic mass is 14.7. The quantitative estimate of drug-likeness (QED) is 0.503. The van der Waals surface area contributed by atoms with Crippen LogP contribution in [0.5, 0.6) is 0 Å². The number of hydrogen-bond donors (Lipinski definition) is 0. The topological polar surface area (TPSA) is 12.9 Å². The van der Waals surface area contributed by atoms with Crippen LogP contribution in [0.25, 0.3) is 21.8 Å². The van der Waals surface area contributed by atoms with Crippen molar-refractivity contribution in [3.05, 3.63) is 54.1 Å². The molecule has 2 aromatic carbocycles. The normalized spacial score (nSPS) is 10.8. The van der Waals surface area contributed by atoms with E-state index in [0.717, 1.165) is 11.0 Å². The molecular weight excluding hydrogens is 194 g/mol. The van der Waals surface area contributed by atoms with Gasteiger partial charge in [0.1, 0.15) is 0 Å². The second-order valence-electron chi connectivity index (χ2n) is 3.77. The van der Waals surface area contributed by atoms with Gasteiger partial charge in [-0.3, -0.25) is 0 Å². The predicted molar refractivity (Wildman–Crippen MR) is 70.7 cm³/mol. The summed E-state index contributed by atoms with van der Waals surface area (Å²) < 4.78 is 5.75. The molecule has 0 bridgehead atoms. The van der Waals surface area contributed by atoms with E-state index in [0.29, 0.717) is 0 Å². The van der Waals surface area contributed by atoms with Gasteiger partial charge in [0.05, 0.1) is 11.0 Å². The van der Waals surface area contributed by atoms with Crippen molar-refractivity contribution in [2.24, 2.45) is 0 Å². The van der Waals surface area contributed by atoms with E-state index in [1.165, 1.54) is 23.7 Å². The minimum Gasteiger partial charge on any atom is -0.248 e. The summed E-state index contributed by atoms with van der Waals surface area (Å²) in [6.07, 6.45) is 0. The lowest BCUT2D eigenvalue weighted by molar-refractivity contribution is 1.45. The average Bonchev–Trinajstić information content (AvgIpc) is 2.41. The fourth-order valence-electron chi connectivity index (χ4n) is 2.05. The zero-order valence-electron chi connectivity index (χ0n) is 10.6. The highest BCUT2D eigenvalue weighted by Crippen LogP contribution is 2.24. The van der Waals surface area contributed by atoms with Gasteiger partial charge in [-0.25, -0.2) is 4.98 Å². The second-order valence-corrected chi connectivity index (χ2v) is 3.77. The predicted octanol–water partition coefficient (Wildman–Crippen LogP) is 4.33.